The number of carbonyl (C=O) groups excluding carboxylic acids is 2. The zero-order valence-electron chi connectivity index (χ0n) is 16.2. The van der Waals surface area contributed by atoms with Gasteiger partial charge < -0.3 is 0 Å². The molecule has 1 aliphatic heterocycles. The lowest BCUT2D eigenvalue weighted by Crippen LogP contribution is -2.31. The van der Waals surface area contributed by atoms with E-state index in [1.165, 1.54) is 31.4 Å². The van der Waals surface area contributed by atoms with Crippen molar-refractivity contribution in [2.24, 2.45) is 0 Å². The number of halogens is 2. The Morgan fingerprint density at radius 3 is 2.16 bits per heavy atom. The number of rotatable bonds is 6. The van der Waals surface area contributed by atoms with Gasteiger partial charge in [-0.05, 0) is 42.0 Å². The van der Waals surface area contributed by atoms with Crippen molar-refractivity contribution in [2.45, 2.75) is 4.90 Å². The quantitative estimate of drug-likeness (QED) is 0.233. The molecule has 1 heterocycles. The Bertz CT molecular complexity index is 1180. The van der Waals surface area contributed by atoms with Crippen LogP contribution >= 0.6 is 12.0 Å². The second-order valence-electron chi connectivity index (χ2n) is 6.50. The zero-order valence-corrected chi connectivity index (χ0v) is 17.0. The minimum atomic E-state index is -0.699. The summed E-state index contributed by atoms with van der Waals surface area (Å²) in [7, 11) is 1.32. The Hall–Kier alpha value is -3.33. The third-order valence-corrected chi connectivity index (χ3v) is 5.29. The van der Waals surface area contributed by atoms with Crippen LogP contribution in [0.2, 0.25) is 0 Å². The van der Waals surface area contributed by atoms with Crippen LogP contribution in [0.5, 0.6) is 0 Å². The van der Waals surface area contributed by atoms with Crippen LogP contribution in [0.4, 0.5) is 14.5 Å². The van der Waals surface area contributed by atoms with E-state index in [1.54, 1.807) is 36.4 Å². The van der Waals surface area contributed by atoms with E-state index in [4.69, 9.17) is 4.33 Å². The van der Waals surface area contributed by atoms with Crippen LogP contribution in [0.1, 0.15) is 11.1 Å². The van der Waals surface area contributed by atoms with Gasteiger partial charge in [0.15, 0.2) is 0 Å². The molecular formula is C23H15F2NO4S. The van der Waals surface area contributed by atoms with Gasteiger partial charge in [0.05, 0.1) is 36.0 Å². The smallest absolute Gasteiger partial charge is 0.266 e. The first-order chi connectivity index (χ1) is 15.0. The third-order valence-electron chi connectivity index (χ3n) is 4.64. The van der Waals surface area contributed by atoms with Gasteiger partial charge in [0.1, 0.15) is 11.6 Å². The van der Waals surface area contributed by atoms with E-state index in [0.29, 0.717) is 10.5 Å². The molecule has 0 aliphatic carbocycles. The fraction of sp³-hybridized carbons (Fsp3) is 0.0435. The molecule has 0 bridgehead atoms. The van der Waals surface area contributed by atoms with Crippen molar-refractivity contribution in [1.29, 1.82) is 0 Å². The second kappa shape index (κ2) is 8.81. The molecule has 0 radical (unpaired) electrons. The van der Waals surface area contributed by atoms with E-state index in [9.17, 15) is 14.0 Å². The average molecular weight is 439 g/mol. The van der Waals surface area contributed by atoms with E-state index < -0.39 is 23.4 Å². The van der Waals surface area contributed by atoms with E-state index in [2.05, 4.69) is 4.89 Å². The number of carbonyl (C=O) groups is 2. The molecule has 0 fully saturated rings. The van der Waals surface area contributed by atoms with E-state index in [-0.39, 0.29) is 22.4 Å². The highest BCUT2D eigenvalue weighted by Gasteiger charge is 2.41. The van der Waals surface area contributed by atoms with Gasteiger partial charge in [-0.15, -0.1) is 0 Å². The van der Waals surface area contributed by atoms with Crippen molar-refractivity contribution in [3.8, 4) is 0 Å². The Balaban J connectivity index is 1.85. The number of amides is 2. The minimum Gasteiger partial charge on any atom is -0.268 e. The van der Waals surface area contributed by atoms with Gasteiger partial charge in [0.2, 0.25) is 0 Å². The van der Waals surface area contributed by atoms with Crippen molar-refractivity contribution in [2.75, 3.05) is 12.0 Å². The first-order valence-corrected chi connectivity index (χ1v) is 9.86. The molecule has 3 aromatic rings. The molecule has 2 amide bonds. The Labute approximate surface area is 181 Å². The highest BCUT2D eigenvalue weighted by molar-refractivity contribution is 7.94. The second-order valence-corrected chi connectivity index (χ2v) is 7.27. The number of anilines is 1. The molecule has 1 aliphatic rings. The SMILES string of the molecule is COOSc1ccc(C2=C(c3ccccc3)C(=O)N(c3ccc(F)cc3)C2=O)c(F)c1. The van der Waals surface area contributed by atoms with Crippen molar-refractivity contribution in [3.05, 3.63) is 95.6 Å². The first kappa shape index (κ1) is 20.9. The first-order valence-electron chi connectivity index (χ1n) is 9.12. The van der Waals surface area contributed by atoms with Crippen LogP contribution in [0.15, 0.2) is 77.7 Å². The predicted octanol–water partition coefficient (Wildman–Crippen LogP) is 5.03. The number of benzene rings is 3. The Kier molecular flexibility index (Phi) is 5.94. The standard InChI is InChI=1S/C23H15F2NO4S/c1-29-30-31-17-11-12-18(19(25)13-17)21-20(14-5-3-2-4-6-14)22(27)26(23(21)28)16-9-7-15(24)8-10-16/h2-13H,1H3. The summed E-state index contributed by atoms with van der Waals surface area (Å²) in [5, 5.41) is 0. The van der Waals surface area contributed by atoms with Gasteiger partial charge >= 0.3 is 0 Å². The van der Waals surface area contributed by atoms with Gasteiger partial charge in [-0.2, -0.15) is 4.33 Å². The number of hydrogen-bond acceptors (Lipinski definition) is 5. The largest absolute Gasteiger partial charge is 0.268 e. The molecule has 31 heavy (non-hydrogen) atoms. The summed E-state index contributed by atoms with van der Waals surface area (Å²) in [5.41, 5.74) is 0.648. The molecule has 0 atom stereocenters. The van der Waals surface area contributed by atoms with Crippen molar-refractivity contribution >= 4 is 40.7 Å². The fourth-order valence-corrected chi connectivity index (χ4v) is 3.72. The van der Waals surface area contributed by atoms with Crippen LogP contribution in [-0.2, 0) is 18.8 Å². The highest BCUT2D eigenvalue weighted by Crippen LogP contribution is 2.39. The van der Waals surface area contributed by atoms with Crippen molar-refractivity contribution < 1.29 is 27.6 Å². The van der Waals surface area contributed by atoms with Crippen molar-refractivity contribution in [3.63, 3.8) is 0 Å². The molecule has 8 heteroatoms. The average Bonchev–Trinajstić information content (AvgIpc) is 3.03. The molecule has 5 nitrogen and oxygen atoms in total. The molecule has 0 spiro atoms. The summed E-state index contributed by atoms with van der Waals surface area (Å²) in [4.78, 5) is 32.5. The van der Waals surface area contributed by atoms with Gasteiger partial charge in [-0.3, -0.25) is 9.59 Å². The molecule has 0 N–H and O–H groups in total. The lowest BCUT2D eigenvalue weighted by Gasteiger charge is -2.15. The summed E-state index contributed by atoms with van der Waals surface area (Å²) < 4.78 is 33.1. The minimum absolute atomic E-state index is 0.0245. The van der Waals surface area contributed by atoms with E-state index >= 15 is 4.39 Å². The number of nitrogens with zero attached hydrogens (tertiary/aromatic N) is 1. The molecule has 4 rings (SSSR count). The summed E-state index contributed by atoms with van der Waals surface area (Å²) in [6.07, 6.45) is 0. The fourth-order valence-electron chi connectivity index (χ4n) is 3.30. The summed E-state index contributed by atoms with van der Waals surface area (Å²) in [5.74, 6) is -2.51. The van der Waals surface area contributed by atoms with Crippen LogP contribution in [0.25, 0.3) is 11.1 Å². The van der Waals surface area contributed by atoms with E-state index in [1.807, 2.05) is 0 Å². The van der Waals surface area contributed by atoms with Gasteiger partial charge in [-0.1, -0.05) is 36.4 Å². The Morgan fingerprint density at radius 1 is 0.839 bits per heavy atom. The summed E-state index contributed by atoms with van der Waals surface area (Å²) >= 11 is 0.807. The lowest BCUT2D eigenvalue weighted by atomic mass is 9.96. The third kappa shape index (κ3) is 4.00. The topological polar surface area (TPSA) is 55.8 Å². The van der Waals surface area contributed by atoms with Crippen LogP contribution in [-0.4, -0.2) is 18.9 Å². The maximum absolute atomic E-state index is 15.0. The molecule has 0 unspecified atom stereocenters. The zero-order chi connectivity index (χ0) is 22.0. The predicted molar refractivity (Wildman–Crippen MR) is 113 cm³/mol. The molecule has 0 aromatic heterocycles. The van der Waals surface area contributed by atoms with Gasteiger partial charge in [0, 0.05) is 10.5 Å². The maximum Gasteiger partial charge on any atom is 0.266 e. The molecule has 3 aromatic carbocycles. The normalized spacial score (nSPS) is 14.0. The summed E-state index contributed by atoms with van der Waals surface area (Å²) in [6.45, 7) is 0. The van der Waals surface area contributed by atoms with Gasteiger partial charge in [-0.25, -0.2) is 18.6 Å². The monoisotopic (exact) mass is 439 g/mol. The van der Waals surface area contributed by atoms with Crippen molar-refractivity contribution in [1.82, 2.24) is 0 Å². The molecule has 0 saturated carbocycles. The molecule has 156 valence electrons. The maximum atomic E-state index is 15.0. The number of hydrogen-bond donors (Lipinski definition) is 0. The number of imide groups is 1. The van der Waals surface area contributed by atoms with Crippen LogP contribution < -0.4 is 4.90 Å². The van der Waals surface area contributed by atoms with Crippen LogP contribution in [0, 0.1) is 11.6 Å². The Morgan fingerprint density at radius 2 is 1.52 bits per heavy atom. The summed E-state index contributed by atoms with van der Waals surface area (Å²) in [6, 6.07) is 17.7. The highest BCUT2D eigenvalue weighted by atomic mass is 32.2. The van der Waals surface area contributed by atoms with E-state index in [0.717, 1.165) is 29.1 Å². The lowest BCUT2D eigenvalue weighted by molar-refractivity contribution is -0.160. The van der Waals surface area contributed by atoms with Crippen LogP contribution in [0.3, 0.4) is 0 Å². The van der Waals surface area contributed by atoms with Gasteiger partial charge in [0.25, 0.3) is 11.8 Å². The molecular weight excluding hydrogens is 424 g/mol. The molecule has 0 saturated heterocycles.